The SMILES string of the molecule is CCCNC1CCCCC1OC1COC1. The minimum atomic E-state index is 0.374. The van der Waals surface area contributed by atoms with E-state index in [4.69, 9.17) is 9.47 Å². The summed E-state index contributed by atoms with van der Waals surface area (Å²) in [6.07, 6.45) is 7.18. The van der Waals surface area contributed by atoms with Crippen molar-refractivity contribution in [1.29, 1.82) is 0 Å². The molecule has 1 aliphatic heterocycles. The van der Waals surface area contributed by atoms with Gasteiger partial charge in [-0.2, -0.15) is 0 Å². The highest BCUT2D eigenvalue weighted by atomic mass is 16.6. The first-order valence-electron chi connectivity index (χ1n) is 6.36. The topological polar surface area (TPSA) is 30.5 Å². The van der Waals surface area contributed by atoms with Crippen LogP contribution in [-0.2, 0) is 9.47 Å². The molecule has 2 aliphatic rings. The minimum Gasteiger partial charge on any atom is -0.376 e. The number of ether oxygens (including phenoxy) is 2. The van der Waals surface area contributed by atoms with Gasteiger partial charge in [-0.15, -0.1) is 0 Å². The van der Waals surface area contributed by atoms with Crippen molar-refractivity contribution < 1.29 is 9.47 Å². The Morgan fingerprint density at radius 2 is 2.07 bits per heavy atom. The Labute approximate surface area is 92.5 Å². The van der Waals surface area contributed by atoms with Gasteiger partial charge in [-0.25, -0.2) is 0 Å². The molecule has 2 rings (SSSR count). The molecule has 1 saturated heterocycles. The van der Waals surface area contributed by atoms with Crippen LogP contribution in [0.3, 0.4) is 0 Å². The Morgan fingerprint density at radius 1 is 1.27 bits per heavy atom. The van der Waals surface area contributed by atoms with Crippen LogP contribution in [0.25, 0.3) is 0 Å². The van der Waals surface area contributed by atoms with Gasteiger partial charge >= 0.3 is 0 Å². The monoisotopic (exact) mass is 213 g/mol. The van der Waals surface area contributed by atoms with Gasteiger partial charge in [0.15, 0.2) is 0 Å². The molecule has 1 aliphatic carbocycles. The van der Waals surface area contributed by atoms with Crippen LogP contribution in [0.15, 0.2) is 0 Å². The quantitative estimate of drug-likeness (QED) is 0.754. The van der Waals surface area contributed by atoms with Crippen LogP contribution < -0.4 is 5.32 Å². The molecule has 3 nitrogen and oxygen atoms in total. The van der Waals surface area contributed by atoms with Gasteiger partial charge in [0.1, 0.15) is 6.10 Å². The second-order valence-corrected chi connectivity index (χ2v) is 4.68. The fraction of sp³-hybridized carbons (Fsp3) is 1.00. The summed E-state index contributed by atoms with van der Waals surface area (Å²) >= 11 is 0. The summed E-state index contributed by atoms with van der Waals surface area (Å²) in [7, 11) is 0. The largest absolute Gasteiger partial charge is 0.376 e. The third-order valence-corrected chi connectivity index (χ3v) is 3.33. The van der Waals surface area contributed by atoms with Crippen LogP contribution in [0.4, 0.5) is 0 Å². The van der Waals surface area contributed by atoms with Crippen molar-refractivity contribution in [2.75, 3.05) is 19.8 Å². The second kappa shape index (κ2) is 5.83. The van der Waals surface area contributed by atoms with Crippen molar-refractivity contribution in [3.05, 3.63) is 0 Å². The van der Waals surface area contributed by atoms with Gasteiger partial charge in [0.25, 0.3) is 0 Å². The number of nitrogens with one attached hydrogen (secondary N) is 1. The first kappa shape index (κ1) is 11.4. The molecule has 0 amide bonds. The maximum absolute atomic E-state index is 6.05. The van der Waals surface area contributed by atoms with Gasteiger partial charge in [-0.3, -0.25) is 0 Å². The Morgan fingerprint density at radius 3 is 2.73 bits per heavy atom. The predicted molar refractivity (Wildman–Crippen MR) is 60.0 cm³/mol. The highest BCUT2D eigenvalue weighted by Gasteiger charge is 2.30. The van der Waals surface area contributed by atoms with E-state index in [1.54, 1.807) is 0 Å². The van der Waals surface area contributed by atoms with E-state index in [1.807, 2.05) is 0 Å². The predicted octanol–water partition coefficient (Wildman–Crippen LogP) is 1.71. The third kappa shape index (κ3) is 3.16. The molecule has 0 aromatic carbocycles. The summed E-state index contributed by atoms with van der Waals surface area (Å²) in [5.41, 5.74) is 0. The smallest absolute Gasteiger partial charge is 0.105 e. The molecule has 0 radical (unpaired) electrons. The average Bonchev–Trinajstić information content (AvgIpc) is 2.22. The Hall–Kier alpha value is -0.120. The van der Waals surface area contributed by atoms with Crippen LogP contribution in [-0.4, -0.2) is 38.0 Å². The molecular formula is C12H23NO2. The van der Waals surface area contributed by atoms with Crippen molar-refractivity contribution >= 4 is 0 Å². The molecule has 2 atom stereocenters. The van der Waals surface area contributed by atoms with Crippen LogP contribution in [0.2, 0.25) is 0 Å². The highest BCUT2D eigenvalue weighted by molar-refractivity contribution is 4.83. The third-order valence-electron chi connectivity index (χ3n) is 3.33. The lowest BCUT2D eigenvalue weighted by Crippen LogP contribution is -2.49. The van der Waals surface area contributed by atoms with Gasteiger partial charge in [0.2, 0.25) is 0 Å². The Bertz CT molecular complexity index is 182. The first-order chi connectivity index (χ1) is 7.40. The lowest BCUT2D eigenvalue weighted by atomic mass is 9.92. The van der Waals surface area contributed by atoms with Crippen molar-refractivity contribution in [3.63, 3.8) is 0 Å². The van der Waals surface area contributed by atoms with E-state index in [-0.39, 0.29) is 0 Å². The van der Waals surface area contributed by atoms with E-state index in [2.05, 4.69) is 12.2 Å². The van der Waals surface area contributed by atoms with E-state index < -0.39 is 0 Å². The molecule has 3 heteroatoms. The van der Waals surface area contributed by atoms with Crippen LogP contribution in [0.5, 0.6) is 0 Å². The molecular weight excluding hydrogens is 190 g/mol. The molecule has 0 aromatic rings. The zero-order valence-electron chi connectivity index (χ0n) is 9.71. The molecule has 2 fully saturated rings. The number of hydrogen-bond donors (Lipinski definition) is 1. The molecule has 88 valence electrons. The average molecular weight is 213 g/mol. The molecule has 0 bridgehead atoms. The van der Waals surface area contributed by atoms with Gasteiger partial charge in [0.05, 0.1) is 19.3 Å². The Balaban J connectivity index is 1.76. The zero-order chi connectivity index (χ0) is 10.5. The molecule has 15 heavy (non-hydrogen) atoms. The van der Waals surface area contributed by atoms with E-state index >= 15 is 0 Å². The van der Waals surface area contributed by atoms with E-state index in [1.165, 1.54) is 32.1 Å². The molecule has 0 aromatic heterocycles. The summed E-state index contributed by atoms with van der Waals surface area (Å²) in [6.45, 7) is 4.94. The van der Waals surface area contributed by atoms with Crippen LogP contribution >= 0.6 is 0 Å². The van der Waals surface area contributed by atoms with Crippen molar-refractivity contribution in [3.8, 4) is 0 Å². The summed E-state index contributed by atoms with van der Waals surface area (Å²) < 4.78 is 11.2. The maximum Gasteiger partial charge on any atom is 0.105 e. The molecule has 1 saturated carbocycles. The second-order valence-electron chi connectivity index (χ2n) is 4.68. The van der Waals surface area contributed by atoms with E-state index in [0.29, 0.717) is 18.2 Å². The van der Waals surface area contributed by atoms with Crippen molar-refractivity contribution in [2.24, 2.45) is 0 Å². The molecule has 1 N–H and O–H groups in total. The lowest BCUT2D eigenvalue weighted by Gasteiger charge is -2.37. The summed E-state index contributed by atoms with van der Waals surface area (Å²) in [6, 6.07) is 0.583. The van der Waals surface area contributed by atoms with Crippen molar-refractivity contribution in [2.45, 2.75) is 57.3 Å². The van der Waals surface area contributed by atoms with Gasteiger partial charge in [-0.1, -0.05) is 19.8 Å². The Kier molecular flexibility index (Phi) is 4.42. The summed E-state index contributed by atoms with van der Waals surface area (Å²) in [4.78, 5) is 0. The summed E-state index contributed by atoms with van der Waals surface area (Å²) in [5.74, 6) is 0. The van der Waals surface area contributed by atoms with Gasteiger partial charge in [-0.05, 0) is 25.8 Å². The minimum absolute atomic E-state index is 0.374. The standard InChI is InChI=1S/C12H23NO2/c1-2-7-13-11-5-3-4-6-12(11)15-10-8-14-9-10/h10-13H,2-9H2,1H3. The lowest BCUT2D eigenvalue weighted by molar-refractivity contribution is -0.165. The number of rotatable bonds is 5. The normalized spacial score (nSPS) is 32.6. The molecule has 1 heterocycles. The zero-order valence-corrected chi connectivity index (χ0v) is 9.71. The van der Waals surface area contributed by atoms with Crippen molar-refractivity contribution in [1.82, 2.24) is 5.32 Å². The van der Waals surface area contributed by atoms with Gasteiger partial charge < -0.3 is 14.8 Å². The highest BCUT2D eigenvalue weighted by Crippen LogP contribution is 2.24. The van der Waals surface area contributed by atoms with Crippen LogP contribution in [0, 0.1) is 0 Å². The molecule has 2 unspecified atom stereocenters. The summed E-state index contributed by atoms with van der Waals surface area (Å²) in [5, 5.41) is 3.61. The maximum atomic E-state index is 6.05. The van der Waals surface area contributed by atoms with Gasteiger partial charge in [0, 0.05) is 6.04 Å². The van der Waals surface area contributed by atoms with E-state index in [9.17, 15) is 0 Å². The number of hydrogen-bond acceptors (Lipinski definition) is 3. The molecule has 0 spiro atoms. The first-order valence-corrected chi connectivity index (χ1v) is 6.36. The fourth-order valence-corrected chi connectivity index (χ4v) is 2.36. The van der Waals surface area contributed by atoms with Crippen LogP contribution in [0.1, 0.15) is 39.0 Å². The fourth-order valence-electron chi connectivity index (χ4n) is 2.36. The van der Waals surface area contributed by atoms with E-state index in [0.717, 1.165) is 19.8 Å².